The Labute approximate surface area is 139 Å². The first-order valence-electron chi connectivity index (χ1n) is 7.71. The van der Waals surface area contributed by atoms with Crippen LogP contribution in [0.15, 0.2) is 36.7 Å². The maximum Gasteiger partial charge on any atom is 0.319 e. The van der Waals surface area contributed by atoms with Crippen molar-refractivity contribution in [3.63, 3.8) is 0 Å². The molecular weight excluding hydrogens is 316 g/mol. The first-order chi connectivity index (χ1) is 11.5. The fraction of sp³-hybridized carbons (Fsp3) is 0.412. The summed E-state index contributed by atoms with van der Waals surface area (Å²) >= 11 is 0. The van der Waals surface area contributed by atoms with Crippen LogP contribution >= 0.6 is 0 Å². The van der Waals surface area contributed by atoms with E-state index in [2.05, 4.69) is 4.98 Å². The molecule has 1 aromatic carbocycles. The topological polar surface area (TPSA) is 47.4 Å². The van der Waals surface area contributed by atoms with Gasteiger partial charge in [0.05, 0.1) is 13.2 Å². The normalized spacial score (nSPS) is 10.9. The molecule has 0 spiro atoms. The Balaban J connectivity index is 1.76. The Kier molecular flexibility index (Phi) is 6.28. The van der Waals surface area contributed by atoms with E-state index in [0.717, 1.165) is 15.9 Å². The van der Waals surface area contributed by atoms with Crippen molar-refractivity contribution in [3.05, 3.63) is 48.0 Å². The SMILES string of the molecule is Cc1ccccc1OCCCC(=O)N(C)Cc1nccn1C(F)F. The molecule has 0 saturated carbocycles. The molecule has 2 rings (SSSR count). The predicted octanol–water partition coefficient (Wildman–Crippen LogP) is 3.40. The van der Waals surface area contributed by atoms with Crippen molar-refractivity contribution in [1.82, 2.24) is 14.5 Å². The Bertz CT molecular complexity index is 673. The van der Waals surface area contributed by atoms with Gasteiger partial charge in [0.15, 0.2) is 0 Å². The summed E-state index contributed by atoms with van der Waals surface area (Å²) in [7, 11) is 1.58. The van der Waals surface area contributed by atoms with Gasteiger partial charge in [-0.05, 0) is 25.0 Å². The Morgan fingerprint density at radius 1 is 1.38 bits per heavy atom. The molecule has 2 aromatic rings. The zero-order valence-electron chi connectivity index (χ0n) is 13.8. The van der Waals surface area contributed by atoms with Crippen molar-refractivity contribution in [2.45, 2.75) is 32.9 Å². The molecule has 0 aliphatic heterocycles. The van der Waals surface area contributed by atoms with Gasteiger partial charge in [-0.2, -0.15) is 8.78 Å². The lowest BCUT2D eigenvalue weighted by atomic mass is 10.2. The van der Waals surface area contributed by atoms with Crippen molar-refractivity contribution >= 4 is 5.91 Å². The van der Waals surface area contributed by atoms with Crippen LogP contribution in [0.2, 0.25) is 0 Å². The number of alkyl halides is 2. The lowest BCUT2D eigenvalue weighted by molar-refractivity contribution is -0.130. The molecule has 0 N–H and O–H groups in total. The molecule has 0 fully saturated rings. The van der Waals surface area contributed by atoms with Crippen molar-refractivity contribution in [3.8, 4) is 5.75 Å². The second-order valence-corrected chi connectivity index (χ2v) is 5.50. The van der Waals surface area contributed by atoms with E-state index in [1.54, 1.807) is 7.05 Å². The Hall–Kier alpha value is -2.44. The van der Waals surface area contributed by atoms with Gasteiger partial charge in [0.2, 0.25) is 5.91 Å². The van der Waals surface area contributed by atoms with Gasteiger partial charge in [0, 0.05) is 25.9 Å². The van der Waals surface area contributed by atoms with E-state index in [-0.39, 0.29) is 24.7 Å². The molecule has 130 valence electrons. The van der Waals surface area contributed by atoms with Crippen LogP contribution in [0.5, 0.6) is 5.75 Å². The number of ether oxygens (including phenoxy) is 1. The number of hydrogen-bond acceptors (Lipinski definition) is 3. The quantitative estimate of drug-likeness (QED) is 0.694. The second-order valence-electron chi connectivity index (χ2n) is 5.50. The van der Waals surface area contributed by atoms with E-state index in [1.165, 1.54) is 17.3 Å². The van der Waals surface area contributed by atoms with Crippen molar-refractivity contribution < 1.29 is 18.3 Å². The summed E-state index contributed by atoms with van der Waals surface area (Å²) in [5.41, 5.74) is 1.04. The van der Waals surface area contributed by atoms with Gasteiger partial charge in [0.25, 0.3) is 0 Å². The lowest BCUT2D eigenvalue weighted by Crippen LogP contribution is -2.28. The average molecular weight is 337 g/mol. The monoisotopic (exact) mass is 337 g/mol. The van der Waals surface area contributed by atoms with Crippen LogP contribution in [-0.2, 0) is 11.3 Å². The molecule has 1 heterocycles. The van der Waals surface area contributed by atoms with Gasteiger partial charge in [-0.1, -0.05) is 18.2 Å². The number of benzene rings is 1. The smallest absolute Gasteiger partial charge is 0.319 e. The molecule has 0 radical (unpaired) electrons. The summed E-state index contributed by atoms with van der Waals surface area (Å²) in [6.45, 7) is -0.224. The van der Waals surface area contributed by atoms with Crippen molar-refractivity contribution in [1.29, 1.82) is 0 Å². The van der Waals surface area contributed by atoms with Crippen LogP contribution in [0.1, 0.15) is 30.8 Å². The predicted molar refractivity (Wildman–Crippen MR) is 85.9 cm³/mol. The summed E-state index contributed by atoms with van der Waals surface area (Å²) in [6, 6.07) is 7.67. The van der Waals surface area contributed by atoms with Gasteiger partial charge >= 0.3 is 6.55 Å². The largest absolute Gasteiger partial charge is 0.493 e. The van der Waals surface area contributed by atoms with E-state index in [4.69, 9.17) is 4.74 Å². The summed E-state index contributed by atoms with van der Waals surface area (Å²) in [4.78, 5) is 17.3. The van der Waals surface area contributed by atoms with E-state index >= 15 is 0 Å². The number of amides is 1. The molecule has 24 heavy (non-hydrogen) atoms. The maximum absolute atomic E-state index is 12.8. The molecule has 0 aliphatic carbocycles. The molecule has 0 atom stereocenters. The van der Waals surface area contributed by atoms with Gasteiger partial charge < -0.3 is 9.64 Å². The third-order valence-corrected chi connectivity index (χ3v) is 3.65. The number of nitrogens with zero attached hydrogens (tertiary/aromatic N) is 3. The number of hydrogen-bond donors (Lipinski definition) is 0. The van der Waals surface area contributed by atoms with Crippen molar-refractivity contribution in [2.75, 3.05) is 13.7 Å². The number of imidazole rings is 1. The summed E-state index contributed by atoms with van der Waals surface area (Å²) in [5.74, 6) is 0.835. The summed E-state index contributed by atoms with van der Waals surface area (Å²) < 4.78 is 31.9. The highest BCUT2D eigenvalue weighted by Gasteiger charge is 2.16. The van der Waals surface area contributed by atoms with E-state index < -0.39 is 6.55 Å². The molecule has 0 saturated heterocycles. The van der Waals surface area contributed by atoms with Crippen LogP contribution in [0.4, 0.5) is 8.78 Å². The van der Waals surface area contributed by atoms with E-state index in [0.29, 0.717) is 13.0 Å². The minimum atomic E-state index is -2.66. The highest BCUT2D eigenvalue weighted by Crippen LogP contribution is 2.17. The zero-order chi connectivity index (χ0) is 17.5. The Morgan fingerprint density at radius 3 is 2.83 bits per heavy atom. The van der Waals surface area contributed by atoms with Crippen LogP contribution in [0.25, 0.3) is 0 Å². The zero-order valence-corrected chi connectivity index (χ0v) is 13.8. The van der Waals surface area contributed by atoms with Gasteiger partial charge in [-0.25, -0.2) is 4.98 Å². The number of carbonyl (C=O) groups excluding carboxylic acids is 1. The molecule has 1 aromatic heterocycles. The number of para-hydroxylation sites is 1. The fourth-order valence-electron chi connectivity index (χ4n) is 2.26. The summed E-state index contributed by atoms with van der Waals surface area (Å²) in [6.07, 6.45) is 3.35. The number of aryl methyl sites for hydroxylation is 1. The maximum atomic E-state index is 12.8. The van der Waals surface area contributed by atoms with E-state index in [9.17, 15) is 13.6 Å². The second kappa shape index (κ2) is 8.42. The molecule has 5 nitrogen and oxygen atoms in total. The minimum Gasteiger partial charge on any atom is -0.493 e. The first-order valence-corrected chi connectivity index (χ1v) is 7.71. The van der Waals surface area contributed by atoms with Crippen LogP contribution in [0, 0.1) is 6.92 Å². The van der Waals surface area contributed by atoms with Crippen LogP contribution in [0.3, 0.4) is 0 Å². The highest BCUT2D eigenvalue weighted by molar-refractivity contribution is 5.75. The molecular formula is C17H21F2N3O2. The van der Waals surface area contributed by atoms with Crippen LogP contribution < -0.4 is 4.74 Å². The molecule has 1 amide bonds. The number of aromatic nitrogens is 2. The average Bonchev–Trinajstić information content (AvgIpc) is 3.01. The first kappa shape index (κ1) is 17.9. The molecule has 0 bridgehead atoms. The number of rotatable bonds is 8. The number of halogens is 2. The minimum absolute atomic E-state index is 0.0504. The lowest BCUT2D eigenvalue weighted by Gasteiger charge is -2.17. The fourth-order valence-corrected chi connectivity index (χ4v) is 2.26. The standard InChI is InChI=1S/C17H21F2N3O2/c1-13-6-3-4-7-14(13)24-11-5-8-16(23)21(2)12-15-20-9-10-22(15)17(18)19/h3-4,6-7,9-10,17H,5,8,11-12H2,1-2H3. The molecule has 7 heteroatoms. The Morgan fingerprint density at radius 2 is 2.12 bits per heavy atom. The van der Waals surface area contributed by atoms with E-state index in [1.807, 2.05) is 31.2 Å². The van der Waals surface area contributed by atoms with Gasteiger partial charge in [0.1, 0.15) is 11.6 Å². The van der Waals surface area contributed by atoms with Crippen molar-refractivity contribution in [2.24, 2.45) is 0 Å². The summed E-state index contributed by atoms with van der Waals surface area (Å²) in [5, 5.41) is 0. The highest BCUT2D eigenvalue weighted by atomic mass is 19.3. The molecule has 0 unspecified atom stereocenters. The molecule has 0 aliphatic rings. The third kappa shape index (κ3) is 4.78. The van der Waals surface area contributed by atoms with Gasteiger partial charge in [-0.15, -0.1) is 0 Å². The van der Waals surface area contributed by atoms with Gasteiger partial charge in [-0.3, -0.25) is 9.36 Å². The van der Waals surface area contributed by atoms with Crippen LogP contribution in [-0.4, -0.2) is 34.0 Å². The third-order valence-electron chi connectivity index (χ3n) is 3.65. The number of carbonyl (C=O) groups is 1.